The second-order valence-electron chi connectivity index (χ2n) is 5.92. The zero-order valence-corrected chi connectivity index (χ0v) is 15.8. The Kier molecular flexibility index (Phi) is 7.22. The molecule has 0 aliphatic heterocycles. The normalized spacial score (nSPS) is 10.4. The Morgan fingerprint density at radius 2 is 1.84 bits per heavy atom. The van der Waals surface area contributed by atoms with Crippen molar-refractivity contribution in [3.05, 3.63) is 59.1 Å². The average molecular weight is 377 g/mol. The first-order chi connectivity index (χ1) is 12.0. The number of carbonyl (C=O) groups excluding carboxylic acids is 1. The molecule has 0 aromatic heterocycles. The molecule has 25 heavy (non-hydrogen) atoms. The number of thiocarbonyl (C=S) groups is 1. The van der Waals surface area contributed by atoms with Gasteiger partial charge >= 0.3 is 0 Å². The summed E-state index contributed by atoms with van der Waals surface area (Å²) in [7, 11) is 0. The van der Waals surface area contributed by atoms with Crippen molar-refractivity contribution in [2.24, 2.45) is 5.92 Å². The lowest BCUT2D eigenvalue weighted by atomic mass is 10.1. The highest BCUT2D eigenvalue weighted by molar-refractivity contribution is 7.80. The third kappa shape index (κ3) is 6.03. The lowest BCUT2D eigenvalue weighted by Gasteiger charge is -2.14. The van der Waals surface area contributed by atoms with E-state index in [1.807, 2.05) is 18.2 Å². The standard InChI is InChI=1S/C19H21ClN2O2S/c1-13(2)11-12-24-17-10-6-3-7-14(17)18(23)22-19(25)21-16-9-5-4-8-15(16)20/h3-10,13H,11-12H2,1-2H3,(H2,21,22,23,25). The molecule has 2 N–H and O–H groups in total. The predicted octanol–water partition coefficient (Wildman–Crippen LogP) is 4.89. The van der Waals surface area contributed by atoms with Gasteiger partial charge in [-0.3, -0.25) is 10.1 Å². The molecule has 0 saturated heterocycles. The number of benzene rings is 2. The van der Waals surface area contributed by atoms with E-state index in [1.165, 1.54) is 0 Å². The molecule has 1 amide bonds. The van der Waals surface area contributed by atoms with E-state index in [9.17, 15) is 4.79 Å². The highest BCUT2D eigenvalue weighted by Gasteiger charge is 2.14. The molecule has 132 valence electrons. The molecule has 4 nitrogen and oxygen atoms in total. The number of halogens is 1. The molecule has 0 aliphatic rings. The van der Waals surface area contributed by atoms with E-state index in [0.29, 0.717) is 34.5 Å². The molecule has 0 atom stereocenters. The van der Waals surface area contributed by atoms with Gasteiger partial charge in [-0.25, -0.2) is 0 Å². The van der Waals surface area contributed by atoms with Crippen LogP contribution in [0.25, 0.3) is 0 Å². The number of nitrogens with one attached hydrogen (secondary N) is 2. The minimum absolute atomic E-state index is 0.176. The summed E-state index contributed by atoms with van der Waals surface area (Å²) in [4.78, 5) is 12.5. The number of hydrogen-bond acceptors (Lipinski definition) is 3. The lowest BCUT2D eigenvalue weighted by Crippen LogP contribution is -2.34. The largest absolute Gasteiger partial charge is 0.493 e. The van der Waals surface area contributed by atoms with Crippen molar-refractivity contribution in [3.8, 4) is 5.75 Å². The van der Waals surface area contributed by atoms with Gasteiger partial charge in [0.15, 0.2) is 5.11 Å². The van der Waals surface area contributed by atoms with Crippen molar-refractivity contribution in [1.82, 2.24) is 5.32 Å². The SMILES string of the molecule is CC(C)CCOc1ccccc1C(=O)NC(=S)Nc1ccccc1Cl. The molecule has 0 unspecified atom stereocenters. The number of carbonyl (C=O) groups is 1. The molecular weight excluding hydrogens is 356 g/mol. The Labute approximate surface area is 158 Å². The van der Waals surface area contributed by atoms with Crippen molar-refractivity contribution in [2.75, 3.05) is 11.9 Å². The Morgan fingerprint density at radius 3 is 2.56 bits per heavy atom. The molecule has 0 bridgehead atoms. The van der Waals surface area contributed by atoms with E-state index in [-0.39, 0.29) is 11.0 Å². The molecule has 2 aromatic carbocycles. The fraction of sp³-hybridized carbons (Fsp3) is 0.263. The summed E-state index contributed by atoms with van der Waals surface area (Å²) in [6.07, 6.45) is 0.919. The number of rotatable bonds is 6. The third-order valence-electron chi connectivity index (χ3n) is 3.43. The fourth-order valence-corrected chi connectivity index (χ4v) is 2.46. The number of ether oxygens (including phenoxy) is 1. The number of para-hydroxylation sites is 2. The summed E-state index contributed by atoms with van der Waals surface area (Å²) in [5, 5.41) is 6.27. The Morgan fingerprint density at radius 1 is 1.16 bits per heavy atom. The van der Waals surface area contributed by atoms with E-state index >= 15 is 0 Å². The van der Waals surface area contributed by atoms with Crippen LogP contribution in [0.15, 0.2) is 48.5 Å². The molecule has 6 heteroatoms. The summed E-state index contributed by atoms with van der Waals surface area (Å²) in [5.41, 5.74) is 1.07. The highest BCUT2D eigenvalue weighted by atomic mass is 35.5. The van der Waals surface area contributed by atoms with Gasteiger partial charge in [-0.05, 0) is 48.8 Å². The molecule has 2 aromatic rings. The van der Waals surface area contributed by atoms with Crippen LogP contribution in [0.5, 0.6) is 5.75 Å². The Hall–Kier alpha value is -2.11. The monoisotopic (exact) mass is 376 g/mol. The van der Waals surface area contributed by atoms with Gasteiger partial charge in [0.1, 0.15) is 5.75 Å². The molecule has 0 heterocycles. The number of anilines is 1. The molecular formula is C19H21ClN2O2S. The molecule has 0 aliphatic carbocycles. The second kappa shape index (κ2) is 9.39. The molecule has 0 fully saturated rings. The van der Waals surface area contributed by atoms with Crippen LogP contribution in [0.3, 0.4) is 0 Å². The minimum Gasteiger partial charge on any atom is -0.493 e. The summed E-state index contributed by atoms with van der Waals surface area (Å²) in [6, 6.07) is 14.3. The van der Waals surface area contributed by atoms with Gasteiger partial charge in [0.25, 0.3) is 5.91 Å². The van der Waals surface area contributed by atoms with Crippen molar-refractivity contribution in [3.63, 3.8) is 0 Å². The highest BCUT2D eigenvalue weighted by Crippen LogP contribution is 2.21. The van der Waals surface area contributed by atoms with E-state index in [0.717, 1.165) is 6.42 Å². The first-order valence-corrected chi connectivity index (χ1v) is 8.84. The van der Waals surface area contributed by atoms with E-state index in [4.69, 9.17) is 28.6 Å². The van der Waals surface area contributed by atoms with E-state index in [1.54, 1.807) is 30.3 Å². The van der Waals surface area contributed by atoms with Gasteiger partial charge < -0.3 is 10.1 Å². The van der Waals surface area contributed by atoms with Crippen LogP contribution < -0.4 is 15.4 Å². The van der Waals surface area contributed by atoms with Gasteiger partial charge in [0.05, 0.1) is 22.9 Å². The maximum absolute atomic E-state index is 12.5. The van der Waals surface area contributed by atoms with Crippen LogP contribution in [0.1, 0.15) is 30.6 Å². The zero-order valence-electron chi connectivity index (χ0n) is 14.2. The smallest absolute Gasteiger partial charge is 0.261 e. The van der Waals surface area contributed by atoms with Crippen LogP contribution in [-0.2, 0) is 0 Å². The lowest BCUT2D eigenvalue weighted by molar-refractivity contribution is 0.0973. The zero-order chi connectivity index (χ0) is 18.2. The molecule has 0 radical (unpaired) electrons. The van der Waals surface area contributed by atoms with Crippen LogP contribution in [-0.4, -0.2) is 17.6 Å². The van der Waals surface area contributed by atoms with Gasteiger partial charge in [0.2, 0.25) is 0 Å². The first kappa shape index (κ1) is 19.2. The van der Waals surface area contributed by atoms with Crippen LogP contribution in [0.4, 0.5) is 5.69 Å². The number of amides is 1. The third-order valence-corrected chi connectivity index (χ3v) is 3.97. The van der Waals surface area contributed by atoms with Gasteiger partial charge in [-0.2, -0.15) is 0 Å². The predicted molar refractivity (Wildman–Crippen MR) is 107 cm³/mol. The Balaban J connectivity index is 2.00. The summed E-state index contributed by atoms with van der Waals surface area (Å²) in [6.45, 7) is 4.81. The van der Waals surface area contributed by atoms with Crippen LogP contribution in [0, 0.1) is 5.92 Å². The van der Waals surface area contributed by atoms with Crippen molar-refractivity contribution in [2.45, 2.75) is 20.3 Å². The second-order valence-corrected chi connectivity index (χ2v) is 6.73. The van der Waals surface area contributed by atoms with Gasteiger partial charge in [0, 0.05) is 0 Å². The van der Waals surface area contributed by atoms with Crippen molar-refractivity contribution >= 4 is 40.5 Å². The minimum atomic E-state index is -0.329. The van der Waals surface area contributed by atoms with Gasteiger partial charge in [-0.15, -0.1) is 0 Å². The summed E-state index contributed by atoms with van der Waals surface area (Å²) >= 11 is 11.3. The summed E-state index contributed by atoms with van der Waals surface area (Å²) in [5.74, 6) is 0.749. The van der Waals surface area contributed by atoms with Crippen LogP contribution in [0.2, 0.25) is 5.02 Å². The molecule has 2 rings (SSSR count). The quantitative estimate of drug-likeness (QED) is 0.704. The van der Waals surface area contributed by atoms with Crippen molar-refractivity contribution in [1.29, 1.82) is 0 Å². The average Bonchev–Trinajstić information content (AvgIpc) is 2.57. The van der Waals surface area contributed by atoms with E-state index < -0.39 is 0 Å². The molecule has 0 saturated carbocycles. The van der Waals surface area contributed by atoms with Crippen LogP contribution >= 0.6 is 23.8 Å². The first-order valence-electron chi connectivity index (χ1n) is 8.06. The van der Waals surface area contributed by atoms with Crippen molar-refractivity contribution < 1.29 is 9.53 Å². The molecule has 0 spiro atoms. The Bertz CT molecular complexity index is 750. The van der Waals surface area contributed by atoms with Gasteiger partial charge in [-0.1, -0.05) is 49.7 Å². The maximum atomic E-state index is 12.5. The van der Waals surface area contributed by atoms with E-state index in [2.05, 4.69) is 24.5 Å². The fourth-order valence-electron chi connectivity index (χ4n) is 2.07. The number of hydrogen-bond donors (Lipinski definition) is 2. The maximum Gasteiger partial charge on any atom is 0.261 e. The summed E-state index contributed by atoms with van der Waals surface area (Å²) < 4.78 is 5.74. The topological polar surface area (TPSA) is 50.4 Å².